The number of aliphatic carboxylic acids is 1. The number of benzene rings is 1. The number of carbonyl (C=O) groups excluding carboxylic acids is 2. The molecule has 0 fully saturated rings. The summed E-state index contributed by atoms with van der Waals surface area (Å²) in [5.74, 6) is -1.71. The third kappa shape index (κ3) is 4.74. The van der Waals surface area contributed by atoms with E-state index in [1.807, 2.05) is 6.07 Å². The quantitative estimate of drug-likeness (QED) is 0.686. The van der Waals surface area contributed by atoms with E-state index in [-0.39, 0.29) is 5.91 Å². The normalized spacial score (nSPS) is 14.6. The van der Waals surface area contributed by atoms with Crippen LogP contribution in [0.2, 0.25) is 0 Å². The number of carbonyl (C=O) groups is 3. The first-order valence-electron chi connectivity index (χ1n) is 9.00. The molecule has 3 rings (SSSR count). The minimum absolute atomic E-state index is 0.148. The minimum atomic E-state index is -1.10. The Balaban J connectivity index is 1.63. The molecule has 1 heterocycles. The average Bonchev–Trinajstić information content (AvgIpc) is 2.93. The van der Waals surface area contributed by atoms with Crippen molar-refractivity contribution in [1.29, 1.82) is 0 Å². The molecule has 6 nitrogen and oxygen atoms in total. The van der Waals surface area contributed by atoms with E-state index in [1.165, 1.54) is 36.6 Å². The van der Waals surface area contributed by atoms with E-state index in [4.69, 9.17) is 5.11 Å². The van der Waals surface area contributed by atoms with Gasteiger partial charge in [-0.2, -0.15) is 0 Å². The van der Waals surface area contributed by atoms with Crippen molar-refractivity contribution in [3.8, 4) is 0 Å². The van der Waals surface area contributed by atoms with Crippen LogP contribution in [0.5, 0.6) is 0 Å². The van der Waals surface area contributed by atoms with Gasteiger partial charge >= 0.3 is 5.97 Å². The number of hydrogen-bond donors (Lipinski definition) is 3. The zero-order chi connectivity index (χ0) is 19.4. The number of fused-ring (bicyclic) bond motifs is 1. The van der Waals surface area contributed by atoms with Crippen LogP contribution in [0.3, 0.4) is 0 Å². The third-order valence-corrected chi connectivity index (χ3v) is 5.83. The predicted octanol–water partition coefficient (Wildman–Crippen LogP) is 3.47. The molecule has 1 aliphatic rings. The lowest BCUT2D eigenvalue weighted by atomic mass is 10.1. The van der Waals surface area contributed by atoms with Crippen molar-refractivity contribution in [3.63, 3.8) is 0 Å². The zero-order valence-corrected chi connectivity index (χ0v) is 15.9. The summed E-state index contributed by atoms with van der Waals surface area (Å²) in [7, 11) is 0. The predicted molar refractivity (Wildman–Crippen MR) is 105 cm³/mol. The number of amides is 2. The van der Waals surface area contributed by atoms with Crippen LogP contribution in [0.1, 0.15) is 56.7 Å². The molecular formula is C20H22N2O4S. The molecule has 1 unspecified atom stereocenters. The highest BCUT2D eigenvalue weighted by Crippen LogP contribution is 2.29. The van der Waals surface area contributed by atoms with Crippen LogP contribution in [0, 0.1) is 0 Å². The molecule has 1 atom stereocenters. The Morgan fingerprint density at radius 3 is 2.44 bits per heavy atom. The van der Waals surface area contributed by atoms with E-state index in [9.17, 15) is 14.4 Å². The highest BCUT2D eigenvalue weighted by molar-refractivity contribution is 7.14. The van der Waals surface area contributed by atoms with Crippen molar-refractivity contribution in [2.75, 3.05) is 5.32 Å². The Hall–Kier alpha value is -2.67. The van der Waals surface area contributed by atoms with Gasteiger partial charge in [0.15, 0.2) is 0 Å². The van der Waals surface area contributed by atoms with Gasteiger partial charge in [0.2, 0.25) is 0 Å². The molecule has 0 spiro atoms. The monoisotopic (exact) mass is 386 g/mol. The van der Waals surface area contributed by atoms with Crippen molar-refractivity contribution >= 4 is 34.8 Å². The van der Waals surface area contributed by atoms with Gasteiger partial charge in [-0.3, -0.25) is 14.4 Å². The average molecular weight is 386 g/mol. The fourth-order valence-corrected chi connectivity index (χ4v) is 4.17. The summed E-state index contributed by atoms with van der Waals surface area (Å²) in [5.41, 5.74) is 2.22. The van der Waals surface area contributed by atoms with Crippen molar-refractivity contribution in [2.24, 2.45) is 0 Å². The Kier molecular flexibility index (Phi) is 5.91. The third-order valence-electron chi connectivity index (χ3n) is 4.59. The van der Waals surface area contributed by atoms with Gasteiger partial charge in [-0.1, -0.05) is 6.42 Å². The summed E-state index contributed by atoms with van der Waals surface area (Å²) < 4.78 is 0. The van der Waals surface area contributed by atoms with Crippen molar-refractivity contribution < 1.29 is 19.5 Å². The fourth-order valence-electron chi connectivity index (χ4n) is 3.02. The fraction of sp³-hybridized carbons (Fsp3) is 0.350. The maximum atomic E-state index is 12.5. The van der Waals surface area contributed by atoms with Gasteiger partial charge in [0.1, 0.15) is 6.04 Å². The standard InChI is InChI=1S/C20H22N2O4S/c1-12(20(25)26)21-18(23)13-7-9-15(10-8-13)22-19(24)17-11-14-5-3-2-4-6-16(14)27-17/h7-12H,2-6H2,1H3,(H,21,23)(H,22,24)(H,25,26). The van der Waals surface area contributed by atoms with Crippen LogP contribution in [-0.4, -0.2) is 28.9 Å². The first kappa shape index (κ1) is 19.1. The summed E-state index contributed by atoms with van der Waals surface area (Å²) in [6, 6.07) is 7.42. The molecule has 1 aliphatic carbocycles. The van der Waals surface area contributed by atoms with E-state index < -0.39 is 17.9 Å². The molecular weight excluding hydrogens is 364 g/mol. The Morgan fingerprint density at radius 1 is 1.04 bits per heavy atom. The first-order chi connectivity index (χ1) is 12.9. The molecule has 1 aromatic heterocycles. The lowest BCUT2D eigenvalue weighted by molar-refractivity contribution is -0.138. The topological polar surface area (TPSA) is 95.5 Å². The van der Waals surface area contributed by atoms with Crippen LogP contribution < -0.4 is 10.6 Å². The lowest BCUT2D eigenvalue weighted by Gasteiger charge is -2.10. The second-order valence-electron chi connectivity index (χ2n) is 6.68. The molecule has 3 N–H and O–H groups in total. The number of anilines is 1. The van der Waals surface area contributed by atoms with Gasteiger partial charge in [0, 0.05) is 16.1 Å². The highest BCUT2D eigenvalue weighted by Gasteiger charge is 2.17. The lowest BCUT2D eigenvalue weighted by Crippen LogP contribution is -2.38. The smallest absolute Gasteiger partial charge is 0.325 e. The molecule has 7 heteroatoms. The van der Waals surface area contributed by atoms with Gasteiger partial charge in [-0.15, -0.1) is 11.3 Å². The van der Waals surface area contributed by atoms with E-state index in [2.05, 4.69) is 10.6 Å². The van der Waals surface area contributed by atoms with E-state index in [1.54, 1.807) is 35.6 Å². The highest BCUT2D eigenvalue weighted by atomic mass is 32.1. The number of hydrogen-bond acceptors (Lipinski definition) is 4. The van der Waals surface area contributed by atoms with E-state index in [0.717, 1.165) is 12.8 Å². The molecule has 2 aromatic rings. The second kappa shape index (κ2) is 8.35. The molecule has 0 bridgehead atoms. The maximum Gasteiger partial charge on any atom is 0.325 e. The Morgan fingerprint density at radius 2 is 1.74 bits per heavy atom. The minimum Gasteiger partial charge on any atom is -0.480 e. The van der Waals surface area contributed by atoms with Crippen LogP contribution in [0.4, 0.5) is 5.69 Å². The molecule has 0 saturated carbocycles. The maximum absolute atomic E-state index is 12.5. The Bertz CT molecular complexity index is 834. The van der Waals surface area contributed by atoms with Gasteiger partial charge in [0.05, 0.1) is 4.88 Å². The molecule has 0 radical (unpaired) electrons. The van der Waals surface area contributed by atoms with E-state index >= 15 is 0 Å². The van der Waals surface area contributed by atoms with Crippen LogP contribution >= 0.6 is 11.3 Å². The number of aryl methyl sites for hydroxylation is 2. The summed E-state index contributed by atoms with van der Waals surface area (Å²) in [6.45, 7) is 1.40. The number of rotatable bonds is 5. The van der Waals surface area contributed by atoms with Gasteiger partial charge in [-0.25, -0.2) is 0 Å². The van der Waals surface area contributed by atoms with Crippen molar-refractivity contribution in [1.82, 2.24) is 5.32 Å². The first-order valence-corrected chi connectivity index (χ1v) is 9.82. The number of nitrogens with one attached hydrogen (secondary N) is 2. The zero-order valence-electron chi connectivity index (χ0n) is 15.1. The summed E-state index contributed by atoms with van der Waals surface area (Å²) in [4.78, 5) is 37.3. The van der Waals surface area contributed by atoms with Crippen LogP contribution in [0.15, 0.2) is 30.3 Å². The van der Waals surface area contributed by atoms with E-state index in [0.29, 0.717) is 16.1 Å². The summed E-state index contributed by atoms with van der Waals surface area (Å²) in [6.07, 6.45) is 5.69. The number of carboxylic acids is 1. The molecule has 0 saturated heterocycles. The van der Waals surface area contributed by atoms with Gasteiger partial charge in [-0.05, 0) is 68.5 Å². The molecule has 142 valence electrons. The number of thiophene rings is 1. The van der Waals surface area contributed by atoms with Crippen molar-refractivity contribution in [2.45, 2.75) is 45.1 Å². The molecule has 27 heavy (non-hydrogen) atoms. The molecule has 1 aromatic carbocycles. The number of carboxylic acid groups (broad SMARTS) is 1. The SMILES string of the molecule is CC(NC(=O)c1ccc(NC(=O)c2cc3c(s2)CCCCC3)cc1)C(=O)O. The van der Waals surface area contributed by atoms with Gasteiger partial charge in [0.25, 0.3) is 11.8 Å². The van der Waals surface area contributed by atoms with Crippen LogP contribution in [0.25, 0.3) is 0 Å². The Labute approximate surface area is 161 Å². The van der Waals surface area contributed by atoms with Crippen LogP contribution in [-0.2, 0) is 17.6 Å². The summed E-state index contributed by atoms with van der Waals surface area (Å²) in [5, 5.41) is 14.1. The largest absolute Gasteiger partial charge is 0.480 e. The molecule has 0 aliphatic heterocycles. The van der Waals surface area contributed by atoms with Crippen molar-refractivity contribution in [3.05, 3.63) is 51.2 Å². The molecule has 2 amide bonds. The second-order valence-corrected chi connectivity index (χ2v) is 7.82. The summed E-state index contributed by atoms with van der Waals surface area (Å²) >= 11 is 1.56. The van der Waals surface area contributed by atoms with Gasteiger partial charge < -0.3 is 15.7 Å².